The molecule has 0 spiro atoms. The van der Waals surface area contributed by atoms with Crippen LogP contribution in [0.25, 0.3) is 11.2 Å². The van der Waals surface area contributed by atoms with Gasteiger partial charge in [0.25, 0.3) is 5.56 Å². The third kappa shape index (κ3) is 5.83. The summed E-state index contributed by atoms with van der Waals surface area (Å²) in [6.45, 7) is 3.85. The third-order valence-corrected chi connectivity index (χ3v) is 5.77. The Kier molecular flexibility index (Phi) is 8.05. The molecule has 11 nitrogen and oxygen atoms in total. The second-order valence-electron chi connectivity index (χ2n) is 9.14. The smallest absolute Gasteiger partial charge is 0.407 e. The summed E-state index contributed by atoms with van der Waals surface area (Å²) in [4.78, 5) is 55.2. The van der Waals surface area contributed by atoms with Crippen molar-refractivity contribution in [1.82, 2.24) is 24.0 Å². The highest BCUT2D eigenvalue weighted by Gasteiger charge is 2.25. The standard InChI is InChI=1S/C27H29N5O6/c1-18(2)15-31-23-22(24(34)30(3)27(31)36)32(17-29-23)25(20-12-8-5-9-13-20)38-21(33)14-28-26(35)37-16-19-10-6-4-7-11-19/h4-13,17-18,25H,14-16H2,1-3H3,(H,28,35). The Labute approximate surface area is 218 Å². The molecule has 0 saturated heterocycles. The molecule has 4 rings (SSSR count). The minimum atomic E-state index is -1.08. The number of rotatable bonds is 9. The van der Waals surface area contributed by atoms with Crippen molar-refractivity contribution in [3.8, 4) is 0 Å². The minimum Gasteiger partial charge on any atom is -0.445 e. The van der Waals surface area contributed by atoms with E-state index in [1.165, 1.54) is 22.5 Å². The summed E-state index contributed by atoms with van der Waals surface area (Å²) in [5, 5.41) is 2.38. The lowest BCUT2D eigenvalue weighted by molar-refractivity contribution is -0.149. The quantitative estimate of drug-likeness (QED) is 0.337. The number of esters is 1. The number of fused-ring (bicyclic) bond motifs is 1. The Morgan fingerprint density at radius 3 is 2.32 bits per heavy atom. The highest BCUT2D eigenvalue weighted by molar-refractivity contribution is 5.78. The molecule has 0 saturated carbocycles. The maximum absolute atomic E-state index is 13.2. The van der Waals surface area contributed by atoms with E-state index in [9.17, 15) is 19.2 Å². The van der Waals surface area contributed by atoms with Gasteiger partial charge in [0, 0.05) is 19.2 Å². The SMILES string of the molecule is CC(C)Cn1c(=O)n(C)c(=O)c2c1ncn2C(OC(=O)CNC(=O)OCc1ccccc1)c1ccccc1. The largest absolute Gasteiger partial charge is 0.445 e. The molecule has 0 aliphatic rings. The normalized spacial score (nSPS) is 11.9. The number of imidazole rings is 1. The number of nitrogens with one attached hydrogen (secondary N) is 1. The Morgan fingerprint density at radius 2 is 1.66 bits per heavy atom. The van der Waals surface area contributed by atoms with Crippen LogP contribution in [0.5, 0.6) is 0 Å². The van der Waals surface area contributed by atoms with Crippen molar-refractivity contribution in [2.45, 2.75) is 33.2 Å². The fourth-order valence-corrected chi connectivity index (χ4v) is 3.97. The molecule has 0 radical (unpaired) electrons. The molecule has 11 heteroatoms. The average Bonchev–Trinajstić information content (AvgIpc) is 3.36. The van der Waals surface area contributed by atoms with Crippen LogP contribution in [0.15, 0.2) is 76.6 Å². The summed E-state index contributed by atoms with van der Waals surface area (Å²) < 4.78 is 14.7. The zero-order chi connectivity index (χ0) is 27.2. The van der Waals surface area contributed by atoms with Gasteiger partial charge in [-0.15, -0.1) is 0 Å². The molecule has 1 N–H and O–H groups in total. The molecule has 0 aliphatic carbocycles. The van der Waals surface area contributed by atoms with Gasteiger partial charge >= 0.3 is 17.8 Å². The number of alkyl carbamates (subject to hydrolysis) is 1. The lowest BCUT2D eigenvalue weighted by Gasteiger charge is -2.21. The summed E-state index contributed by atoms with van der Waals surface area (Å²) in [5.41, 5.74) is 0.639. The molecular weight excluding hydrogens is 490 g/mol. The summed E-state index contributed by atoms with van der Waals surface area (Å²) >= 11 is 0. The van der Waals surface area contributed by atoms with Crippen molar-refractivity contribution >= 4 is 23.2 Å². The van der Waals surface area contributed by atoms with Crippen molar-refractivity contribution in [2.24, 2.45) is 13.0 Å². The molecular formula is C27H29N5O6. The highest BCUT2D eigenvalue weighted by atomic mass is 16.6. The number of carbonyl (C=O) groups is 2. The zero-order valence-electron chi connectivity index (χ0n) is 21.4. The number of hydrogen-bond donors (Lipinski definition) is 1. The van der Waals surface area contributed by atoms with E-state index >= 15 is 0 Å². The molecule has 2 aromatic carbocycles. The molecule has 1 unspecified atom stereocenters. The van der Waals surface area contributed by atoms with Gasteiger partial charge in [0.15, 0.2) is 11.2 Å². The van der Waals surface area contributed by atoms with Crippen molar-refractivity contribution in [3.05, 3.63) is 99.0 Å². The number of hydrogen-bond acceptors (Lipinski definition) is 7. The van der Waals surface area contributed by atoms with E-state index in [2.05, 4.69) is 10.3 Å². The van der Waals surface area contributed by atoms with Crippen molar-refractivity contribution < 1.29 is 19.1 Å². The first kappa shape index (κ1) is 26.4. The number of amides is 1. The average molecular weight is 520 g/mol. The van der Waals surface area contributed by atoms with Crippen LogP contribution in [-0.2, 0) is 34.5 Å². The fourth-order valence-electron chi connectivity index (χ4n) is 3.97. The van der Waals surface area contributed by atoms with Crippen LogP contribution in [-0.4, -0.2) is 37.3 Å². The lowest BCUT2D eigenvalue weighted by Crippen LogP contribution is -2.40. The Bertz CT molecular complexity index is 1540. The van der Waals surface area contributed by atoms with E-state index in [0.29, 0.717) is 12.1 Å². The zero-order valence-corrected chi connectivity index (χ0v) is 21.4. The summed E-state index contributed by atoms with van der Waals surface area (Å²) in [5.74, 6) is -0.640. The van der Waals surface area contributed by atoms with Crippen molar-refractivity contribution in [3.63, 3.8) is 0 Å². The van der Waals surface area contributed by atoms with E-state index in [1.807, 2.05) is 44.2 Å². The van der Waals surface area contributed by atoms with Gasteiger partial charge in [0.2, 0.25) is 6.23 Å². The van der Waals surface area contributed by atoms with Crippen LogP contribution in [0.4, 0.5) is 4.79 Å². The first-order chi connectivity index (χ1) is 18.3. The second-order valence-corrected chi connectivity index (χ2v) is 9.14. The summed E-state index contributed by atoms with van der Waals surface area (Å²) in [6, 6.07) is 17.9. The first-order valence-electron chi connectivity index (χ1n) is 12.1. The minimum absolute atomic E-state index is 0.0523. The second kappa shape index (κ2) is 11.6. The van der Waals surface area contributed by atoms with Gasteiger partial charge in [-0.05, 0) is 11.5 Å². The molecule has 0 fully saturated rings. The summed E-state index contributed by atoms with van der Waals surface area (Å²) in [6.07, 6.45) is -0.482. The molecule has 198 valence electrons. The van der Waals surface area contributed by atoms with Gasteiger partial charge in [-0.3, -0.25) is 23.3 Å². The third-order valence-electron chi connectivity index (χ3n) is 5.77. The van der Waals surface area contributed by atoms with E-state index in [0.717, 1.165) is 10.1 Å². The number of aromatic nitrogens is 4. The van der Waals surface area contributed by atoms with Crippen LogP contribution in [0.3, 0.4) is 0 Å². The van der Waals surface area contributed by atoms with Gasteiger partial charge < -0.3 is 14.8 Å². The molecule has 1 amide bonds. The Balaban J connectivity index is 1.59. The number of carbonyl (C=O) groups excluding carboxylic acids is 2. The molecule has 2 aromatic heterocycles. The van der Waals surface area contributed by atoms with E-state index in [1.54, 1.807) is 30.3 Å². The molecule has 0 bridgehead atoms. The van der Waals surface area contributed by atoms with Gasteiger partial charge in [-0.2, -0.15) is 0 Å². The number of ether oxygens (including phenoxy) is 2. The predicted octanol–water partition coefficient (Wildman–Crippen LogP) is 2.57. The van der Waals surface area contributed by atoms with Crippen LogP contribution in [0.2, 0.25) is 0 Å². The van der Waals surface area contributed by atoms with Crippen molar-refractivity contribution in [2.75, 3.05) is 6.54 Å². The topological polar surface area (TPSA) is 126 Å². The van der Waals surface area contributed by atoms with Crippen LogP contribution in [0.1, 0.15) is 31.2 Å². The summed E-state index contributed by atoms with van der Waals surface area (Å²) in [7, 11) is 1.40. The predicted molar refractivity (Wildman–Crippen MR) is 139 cm³/mol. The number of benzene rings is 2. The molecule has 4 aromatic rings. The van der Waals surface area contributed by atoms with Gasteiger partial charge in [0.05, 0.1) is 0 Å². The molecule has 0 aliphatic heterocycles. The van der Waals surface area contributed by atoms with Crippen LogP contribution in [0, 0.1) is 5.92 Å². The van der Waals surface area contributed by atoms with E-state index in [4.69, 9.17) is 9.47 Å². The van der Waals surface area contributed by atoms with Gasteiger partial charge in [0.1, 0.15) is 19.5 Å². The lowest BCUT2D eigenvalue weighted by atomic mass is 10.2. The molecule has 1 atom stereocenters. The van der Waals surface area contributed by atoms with Crippen LogP contribution < -0.4 is 16.6 Å². The first-order valence-corrected chi connectivity index (χ1v) is 12.1. The number of nitrogens with zero attached hydrogens (tertiary/aromatic N) is 4. The maximum atomic E-state index is 13.2. The fraction of sp³-hybridized carbons (Fsp3) is 0.296. The monoisotopic (exact) mass is 519 g/mol. The van der Waals surface area contributed by atoms with Gasteiger partial charge in [-0.25, -0.2) is 14.6 Å². The maximum Gasteiger partial charge on any atom is 0.407 e. The van der Waals surface area contributed by atoms with E-state index < -0.39 is 36.1 Å². The molecule has 2 heterocycles. The Hall–Kier alpha value is -4.67. The highest BCUT2D eigenvalue weighted by Crippen LogP contribution is 2.23. The van der Waals surface area contributed by atoms with Gasteiger partial charge in [-0.1, -0.05) is 74.5 Å². The molecule has 38 heavy (non-hydrogen) atoms. The Morgan fingerprint density at radius 1 is 1.00 bits per heavy atom. The van der Waals surface area contributed by atoms with Crippen molar-refractivity contribution in [1.29, 1.82) is 0 Å². The van der Waals surface area contributed by atoms with Crippen LogP contribution >= 0.6 is 0 Å². The van der Waals surface area contributed by atoms with E-state index in [-0.39, 0.29) is 23.7 Å².